The summed E-state index contributed by atoms with van der Waals surface area (Å²) < 4.78 is 25.1. The standard InChI is InChI=1S/C18H17NO2S/c1-14-5-7-15(8-6-14)18-4-3-13-19(18)16-9-11-17(12-10-16)22(2,20)21/h3-13H,1-2H3. The van der Waals surface area contributed by atoms with Crippen molar-refractivity contribution in [2.45, 2.75) is 11.8 Å². The smallest absolute Gasteiger partial charge is 0.175 e. The largest absolute Gasteiger partial charge is 0.317 e. The monoisotopic (exact) mass is 311 g/mol. The zero-order chi connectivity index (χ0) is 15.7. The highest BCUT2D eigenvalue weighted by molar-refractivity contribution is 7.90. The molecule has 0 fully saturated rings. The highest BCUT2D eigenvalue weighted by Crippen LogP contribution is 2.24. The maximum Gasteiger partial charge on any atom is 0.175 e. The first-order valence-corrected chi connectivity index (χ1v) is 8.89. The van der Waals surface area contributed by atoms with Gasteiger partial charge in [-0.2, -0.15) is 0 Å². The second-order valence-corrected chi connectivity index (χ2v) is 7.41. The first-order chi connectivity index (χ1) is 10.4. The molecule has 1 aromatic heterocycles. The van der Waals surface area contributed by atoms with E-state index in [1.165, 1.54) is 11.8 Å². The number of aryl methyl sites for hydroxylation is 1. The van der Waals surface area contributed by atoms with E-state index in [0.29, 0.717) is 4.90 Å². The highest BCUT2D eigenvalue weighted by atomic mass is 32.2. The predicted molar refractivity (Wildman–Crippen MR) is 89.1 cm³/mol. The molecule has 2 aromatic carbocycles. The number of sulfone groups is 1. The Hall–Kier alpha value is -2.33. The van der Waals surface area contributed by atoms with Crippen molar-refractivity contribution in [3.63, 3.8) is 0 Å². The van der Waals surface area contributed by atoms with Gasteiger partial charge in [-0.05, 0) is 48.9 Å². The third kappa shape index (κ3) is 2.83. The number of hydrogen-bond acceptors (Lipinski definition) is 2. The lowest BCUT2D eigenvalue weighted by Gasteiger charge is -2.10. The first kappa shape index (κ1) is 14.6. The Morgan fingerprint density at radius 3 is 2.09 bits per heavy atom. The number of benzene rings is 2. The van der Waals surface area contributed by atoms with Crippen LogP contribution in [0.2, 0.25) is 0 Å². The minimum absolute atomic E-state index is 0.334. The zero-order valence-corrected chi connectivity index (χ0v) is 13.3. The van der Waals surface area contributed by atoms with E-state index in [2.05, 4.69) is 41.8 Å². The molecular formula is C18H17NO2S. The average Bonchev–Trinajstić information content (AvgIpc) is 2.97. The highest BCUT2D eigenvalue weighted by Gasteiger charge is 2.09. The SMILES string of the molecule is Cc1ccc(-c2cccn2-c2ccc(S(C)(=O)=O)cc2)cc1. The van der Waals surface area contributed by atoms with Gasteiger partial charge < -0.3 is 4.57 Å². The van der Waals surface area contributed by atoms with E-state index in [1.54, 1.807) is 12.1 Å². The van der Waals surface area contributed by atoms with Crippen LogP contribution >= 0.6 is 0 Å². The molecule has 3 rings (SSSR count). The first-order valence-electron chi connectivity index (χ1n) is 7.00. The molecule has 4 heteroatoms. The Balaban J connectivity index is 2.03. The maximum absolute atomic E-state index is 11.5. The van der Waals surface area contributed by atoms with Crippen molar-refractivity contribution in [3.05, 3.63) is 72.4 Å². The average molecular weight is 311 g/mol. The summed E-state index contributed by atoms with van der Waals surface area (Å²) in [5.41, 5.74) is 4.36. The van der Waals surface area contributed by atoms with Gasteiger partial charge in [0.05, 0.1) is 10.6 Å². The van der Waals surface area contributed by atoms with Gasteiger partial charge >= 0.3 is 0 Å². The van der Waals surface area contributed by atoms with Crippen LogP contribution in [0.15, 0.2) is 71.8 Å². The molecule has 22 heavy (non-hydrogen) atoms. The van der Waals surface area contributed by atoms with E-state index in [-0.39, 0.29) is 0 Å². The van der Waals surface area contributed by atoms with Crippen molar-refractivity contribution in [1.82, 2.24) is 4.57 Å². The molecule has 112 valence electrons. The number of aromatic nitrogens is 1. The Labute approximate surface area is 130 Å². The molecule has 0 spiro atoms. The molecule has 0 unspecified atom stereocenters. The van der Waals surface area contributed by atoms with E-state index in [9.17, 15) is 8.42 Å². The summed E-state index contributed by atoms with van der Waals surface area (Å²) >= 11 is 0. The molecule has 0 radical (unpaired) electrons. The van der Waals surface area contributed by atoms with Gasteiger partial charge in [-0.1, -0.05) is 29.8 Å². The van der Waals surface area contributed by atoms with Crippen LogP contribution in [0.3, 0.4) is 0 Å². The lowest BCUT2D eigenvalue weighted by molar-refractivity contribution is 0.602. The third-order valence-corrected chi connectivity index (χ3v) is 4.77. The quantitative estimate of drug-likeness (QED) is 0.737. The molecule has 0 aliphatic rings. The molecule has 0 atom stereocenters. The van der Waals surface area contributed by atoms with Crippen LogP contribution in [-0.4, -0.2) is 19.2 Å². The normalized spacial score (nSPS) is 11.5. The van der Waals surface area contributed by atoms with E-state index in [4.69, 9.17) is 0 Å². The molecule has 0 saturated heterocycles. The Morgan fingerprint density at radius 1 is 0.864 bits per heavy atom. The lowest BCUT2D eigenvalue weighted by Crippen LogP contribution is -1.99. The molecule has 3 nitrogen and oxygen atoms in total. The van der Waals surface area contributed by atoms with Crippen molar-refractivity contribution < 1.29 is 8.42 Å². The zero-order valence-electron chi connectivity index (χ0n) is 12.5. The fourth-order valence-electron chi connectivity index (χ4n) is 2.42. The van der Waals surface area contributed by atoms with Gasteiger partial charge in [-0.15, -0.1) is 0 Å². The molecule has 3 aromatic rings. The van der Waals surface area contributed by atoms with E-state index in [0.717, 1.165) is 16.9 Å². The maximum atomic E-state index is 11.5. The van der Waals surface area contributed by atoms with Crippen molar-refractivity contribution in [1.29, 1.82) is 0 Å². The molecule has 0 saturated carbocycles. The Bertz CT molecular complexity index is 889. The summed E-state index contributed by atoms with van der Waals surface area (Å²) in [7, 11) is -3.16. The summed E-state index contributed by atoms with van der Waals surface area (Å²) in [6.45, 7) is 2.06. The molecule has 0 aliphatic heterocycles. The number of nitrogens with zero attached hydrogens (tertiary/aromatic N) is 1. The Kier molecular flexibility index (Phi) is 3.62. The molecule has 0 bridgehead atoms. The van der Waals surface area contributed by atoms with Gasteiger partial charge in [0.2, 0.25) is 0 Å². The Morgan fingerprint density at radius 2 is 1.50 bits per heavy atom. The second-order valence-electron chi connectivity index (χ2n) is 5.40. The molecule has 0 N–H and O–H groups in total. The van der Waals surface area contributed by atoms with Gasteiger partial charge in [0.1, 0.15) is 0 Å². The van der Waals surface area contributed by atoms with Gasteiger partial charge in [0.15, 0.2) is 9.84 Å². The van der Waals surface area contributed by atoms with E-state index in [1.807, 2.05) is 24.4 Å². The minimum atomic E-state index is -3.16. The summed E-state index contributed by atoms with van der Waals surface area (Å²) in [6, 6.07) is 19.3. The van der Waals surface area contributed by atoms with Crippen LogP contribution in [0.4, 0.5) is 0 Å². The van der Waals surface area contributed by atoms with Crippen molar-refractivity contribution in [2.24, 2.45) is 0 Å². The van der Waals surface area contributed by atoms with Gasteiger partial charge in [-0.25, -0.2) is 8.42 Å². The van der Waals surface area contributed by atoms with Crippen LogP contribution in [0, 0.1) is 6.92 Å². The fraction of sp³-hybridized carbons (Fsp3) is 0.111. The van der Waals surface area contributed by atoms with Gasteiger partial charge in [-0.3, -0.25) is 0 Å². The number of hydrogen-bond donors (Lipinski definition) is 0. The summed E-state index contributed by atoms with van der Waals surface area (Å²) in [4.78, 5) is 0.334. The fourth-order valence-corrected chi connectivity index (χ4v) is 3.05. The van der Waals surface area contributed by atoms with Gasteiger partial charge in [0, 0.05) is 18.1 Å². The van der Waals surface area contributed by atoms with Gasteiger partial charge in [0.25, 0.3) is 0 Å². The summed E-state index contributed by atoms with van der Waals surface area (Å²) in [6.07, 6.45) is 3.19. The minimum Gasteiger partial charge on any atom is -0.317 e. The summed E-state index contributed by atoms with van der Waals surface area (Å²) in [5.74, 6) is 0. The molecular weight excluding hydrogens is 294 g/mol. The second kappa shape index (κ2) is 5.46. The van der Waals surface area contributed by atoms with Crippen LogP contribution in [0.5, 0.6) is 0 Å². The lowest BCUT2D eigenvalue weighted by atomic mass is 10.1. The van der Waals surface area contributed by atoms with E-state index < -0.39 is 9.84 Å². The van der Waals surface area contributed by atoms with Crippen LogP contribution in [-0.2, 0) is 9.84 Å². The van der Waals surface area contributed by atoms with E-state index >= 15 is 0 Å². The molecule has 0 amide bonds. The molecule has 0 aliphatic carbocycles. The van der Waals surface area contributed by atoms with Crippen LogP contribution in [0.1, 0.15) is 5.56 Å². The molecule has 1 heterocycles. The number of rotatable bonds is 3. The van der Waals surface area contributed by atoms with Crippen molar-refractivity contribution in [3.8, 4) is 16.9 Å². The predicted octanol–water partition coefficient (Wildman–Crippen LogP) is 3.86. The van der Waals surface area contributed by atoms with Crippen molar-refractivity contribution >= 4 is 9.84 Å². The van der Waals surface area contributed by atoms with Crippen molar-refractivity contribution in [2.75, 3.05) is 6.26 Å². The third-order valence-electron chi connectivity index (χ3n) is 3.64. The van der Waals surface area contributed by atoms with Crippen LogP contribution < -0.4 is 0 Å². The topological polar surface area (TPSA) is 39.1 Å². The van der Waals surface area contributed by atoms with Crippen LogP contribution in [0.25, 0.3) is 16.9 Å². The summed E-state index contributed by atoms with van der Waals surface area (Å²) in [5, 5.41) is 0.